The van der Waals surface area contributed by atoms with Gasteiger partial charge in [-0.15, -0.1) is 16.4 Å². The fraction of sp³-hybridized carbons (Fsp3) is 0. The zero-order valence-corrected chi connectivity index (χ0v) is 10.6. The number of nitrogens with two attached hydrogens (primary N) is 1. The van der Waals surface area contributed by atoms with Crippen molar-refractivity contribution in [3.8, 4) is 10.8 Å². The summed E-state index contributed by atoms with van der Waals surface area (Å²) in [7, 11) is 0. The minimum Gasteiger partial charge on any atom is -0.403 e. The number of fused-ring (bicyclic) bond motifs is 1. The summed E-state index contributed by atoms with van der Waals surface area (Å²) in [5.41, 5.74) is 5.38. The molecule has 3 aromatic rings. The number of halogens is 2. The smallest absolute Gasteiger partial charge is 0.313 e. The molecule has 0 bridgehead atoms. The Balaban J connectivity index is 2.27. The summed E-state index contributed by atoms with van der Waals surface area (Å²) in [6, 6.07) is 5.51. The van der Waals surface area contributed by atoms with Gasteiger partial charge in [0.25, 0.3) is 5.89 Å². The van der Waals surface area contributed by atoms with Crippen LogP contribution in [0.1, 0.15) is 0 Å². The van der Waals surface area contributed by atoms with Crippen molar-refractivity contribution < 1.29 is 4.42 Å². The zero-order chi connectivity index (χ0) is 12.0. The van der Waals surface area contributed by atoms with Gasteiger partial charge in [-0.3, -0.25) is 0 Å². The molecule has 86 valence electrons. The fourth-order valence-corrected chi connectivity index (χ4v) is 3.21. The van der Waals surface area contributed by atoms with E-state index < -0.39 is 0 Å². The van der Waals surface area contributed by atoms with Crippen LogP contribution in [0.5, 0.6) is 0 Å². The van der Waals surface area contributed by atoms with Crippen molar-refractivity contribution >= 4 is 50.6 Å². The summed E-state index contributed by atoms with van der Waals surface area (Å²) >= 11 is 13.6. The minimum absolute atomic E-state index is 0.0200. The molecule has 0 radical (unpaired) electrons. The van der Waals surface area contributed by atoms with Crippen LogP contribution in [0.25, 0.3) is 20.9 Å². The Hall–Kier alpha value is -1.30. The highest BCUT2D eigenvalue weighted by molar-refractivity contribution is 7.23. The van der Waals surface area contributed by atoms with Crippen molar-refractivity contribution in [1.29, 1.82) is 0 Å². The van der Waals surface area contributed by atoms with Gasteiger partial charge in [0.1, 0.15) is 4.88 Å². The second-order valence-electron chi connectivity index (χ2n) is 3.33. The topological polar surface area (TPSA) is 64.9 Å². The van der Waals surface area contributed by atoms with Crippen molar-refractivity contribution in [3.05, 3.63) is 28.2 Å². The third kappa shape index (κ3) is 1.76. The first-order chi connectivity index (χ1) is 8.15. The van der Waals surface area contributed by atoms with Gasteiger partial charge in [0, 0.05) is 15.1 Å². The van der Waals surface area contributed by atoms with E-state index >= 15 is 0 Å². The molecule has 2 aromatic heterocycles. The first kappa shape index (κ1) is 10.8. The summed E-state index contributed by atoms with van der Waals surface area (Å²) in [4.78, 5) is 0.702. The molecule has 0 saturated carbocycles. The quantitative estimate of drug-likeness (QED) is 0.738. The molecule has 2 N–H and O–H groups in total. The molecule has 0 atom stereocenters. The first-order valence-electron chi connectivity index (χ1n) is 4.62. The Morgan fingerprint density at radius 2 is 2.06 bits per heavy atom. The zero-order valence-electron chi connectivity index (χ0n) is 8.28. The molecule has 0 aliphatic heterocycles. The Bertz CT molecular complexity index is 707. The number of nitrogen functional groups attached to an aromatic ring is 1. The summed E-state index contributed by atoms with van der Waals surface area (Å²) in [5, 5.41) is 9.56. The second kappa shape index (κ2) is 3.87. The van der Waals surface area contributed by atoms with Crippen LogP contribution in [-0.2, 0) is 0 Å². The SMILES string of the molecule is Nc1nnc(-c2sc3cc(Cl)ccc3c2Cl)o1. The third-order valence-electron chi connectivity index (χ3n) is 2.23. The molecule has 3 rings (SSSR count). The molecule has 0 aliphatic rings. The average molecular weight is 286 g/mol. The third-order valence-corrected chi connectivity index (χ3v) is 4.11. The number of aromatic nitrogens is 2. The maximum Gasteiger partial charge on any atom is 0.313 e. The first-order valence-corrected chi connectivity index (χ1v) is 6.19. The van der Waals surface area contributed by atoms with Crippen LogP contribution < -0.4 is 5.73 Å². The van der Waals surface area contributed by atoms with Crippen LogP contribution >= 0.6 is 34.5 Å². The van der Waals surface area contributed by atoms with Crippen LogP contribution in [0.4, 0.5) is 6.01 Å². The van der Waals surface area contributed by atoms with E-state index in [4.69, 9.17) is 33.4 Å². The predicted octanol–water partition coefficient (Wildman–Crippen LogP) is 3.84. The van der Waals surface area contributed by atoms with Gasteiger partial charge < -0.3 is 10.2 Å². The standard InChI is InChI=1S/C10H5Cl2N3OS/c11-4-1-2-5-6(3-4)17-8(7(5)12)9-14-15-10(13)16-9/h1-3H,(H2,13,15). The minimum atomic E-state index is 0.0200. The van der Waals surface area contributed by atoms with E-state index in [1.54, 1.807) is 6.07 Å². The van der Waals surface area contributed by atoms with E-state index in [0.29, 0.717) is 20.8 Å². The Morgan fingerprint density at radius 1 is 1.24 bits per heavy atom. The highest BCUT2D eigenvalue weighted by Gasteiger charge is 2.17. The number of thiophene rings is 1. The summed E-state index contributed by atoms with van der Waals surface area (Å²) in [5.74, 6) is 0.324. The lowest BCUT2D eigenvalue weighted by atomic mass is 10.2. The second-order valence-corrected chi connectivity index (χ2v) is 5.20. The maximum atomic E-state index is 6.25. The molecule has 0 unspecified atom stereocenters. The van der Waals surface area contributed by atoms with E-state index in [2.05, 4.69) is 10.2 Å². The van der Waals surface area contributed by atoms with E-state index in [9.17, 15) is 0 Å². The van der Waals surface area contributed by atoms with Gasteiger partial charge in [0.2, 0.25) is 0 Å². The molecule has 4 nitrogen and oxygen atoms in total. The molecular weight excluding hydrogens is 281 g/mol. The van der Waals surface area contributed by atoms with Crippen LogP contribution in [-0.4, -0.2) is 10.2 Å². The number of rotatable bonds is 1. The fourth-order valence-electron chi connectivity index (χ4n) is 1.50. The van der Waals surface area contributed by atoms with Crippen LogP contribution in [0.3, 0.4) is 0 Å². The molecule has 7 heteroatoms. The lowest BCUT2D eigenvalue weighted by molar-refractivity contribution is 0.592. The van der Waals surface area contributed by atoms with Crippen molar-refractivity contribution in [1.82, 2.24) is 10.2 Å². The Labute approximate surface area is 110 Å². The van der Waals surface area contributed by atoms with Crippen LogP contribution in [0, 0.1) is 0 Å². The number of hydrogen-bond acceptors (Lipinski definition) is 5. The molecule has 0 saturated heterocycles. The monoisotopic (exact) mass is 285 g/mol. The van der Waals surface area contributed by atoms with Crippen molar-refractivity contribution in [3.63, 3.8) is 0 Å². The number of nitrogens with zero attached hydrogens (tertiary/aromatic N) is 2. The van der Waals surface area contributed by atoms with E-state index in [1.165, 1.54) is 11.3 Å². The molecule has 0 aliphatic carbocycles. The predicted molar refractivity (Wildman–Crippen MR) is 69.5 cm³/mol. The Kier molecular flexibility index (Phi) is 2.47. The molecule has 2 heterocycles. The van der Waals surface area contributed by atoms with Crippen molar-refractivity contribution in [2.24, 2.45) is 0 Å². The van der Waals surface area contributed by atoms with Gasteiger partial charge in [-0.2, -0.15) is 0 Å². The summed E-state index contributed by atoms with van der Waals surface area (Å²) in [6.07, 6.45) is 0. The van der Waals surface area contributed by atoms with Gasteiger partial charge in [-0.1, -0.05) is 34.4 Å². The maximum absolute atomic E-state index is 6.25. The van der Waals surface area contributed by atoms with Crippen LogP contribution in [0.15, 0.2) is 22.6 Å². The average Bonchev–Trinajstić information content (AvgIpc) is 2.83. The normalized spacial score (nSPS) is 11.2. The Morgan fingerprint density at radius 3 is 2.76 bits per heavy atom. The van der Waals surface area contributed by atoms with Gasteiger partial charge in [-0.25, -0.2) is 0 Å². The molecular formula is C10H5Cl2N3OS. The van der Waals surface area contributed by atoms with Gasteiger partial charge >= 0.3 is 6.01 Å². The molecule has 1 aromatic carbocycles. The largest absolute Gasteiger partial charge is 0.403 e. The molecule has 0 fully saturated rings. The number of benzene rings is 1. The summed E-state index contributed by atoms with van der Waals surface area (Å²) in [6.45, 7) is 0. The highest BCUT2D eigenvalue weighted by Crippen LogP contribution is 2.42. The van der Waals surface area contributed by atoms with E-state index in [1.807, 2.05) is 12.1 Å². The highest BCUT2D eigenvalue weighted by atomic mass is 35.5. The van der Waals surface area contributed by atoms with Crippen LogP contribution in [0.2, 0.25) is 10.0 Å². The molecule has 0 spiro atoms. The lowest BCUT2D eigenvalue weighted by Crippen LogP contribution is -1.81. The van der Waals surface area contributed by atoms with E-state index in [-0.39, 0.29) is 6.01 Å². The van der Waals surface area contributed by atoms with Gasteiger partial charge in [0.05, 0.1) is 5.02 Å². The lowest BCUT2D eigenvalue weighted by Gasteiger charge is -1.90. The van der Waals surface area contributed by atoms with Crippen molar-refractivity contribution in [2.75, 3.05) is 5.73 Å². The van der Waals surface area contributed by atoms with E-state index in [0.717, 1.165) is 10.1 Å². The summed E-state index contributed by atoms with van der Waals surface area (Å²) < 4.78 is 6.13. The van der Waals surface area contributed by atoms with Gasteiger partial charge in [-0.05, 0) is 12.1 Å². The molecule has 0 amide bonds. The number of hydrogen-bond donors (Lipinski definition) is 1. The molecule has 17 heavy (non-hydrogen) atoms. The number of anilines is 1. The van der Waals surface area contributed by atoms with Gasteiger partial charge in [0.15, 0.2) is 0 Å². The van der Waals surface area contributed by atoms with Crippen molar-refractivity contribution in [2.45, 2.75) is 0 Å².